The number of aromatic nitrogens is 4. The lowest BCUT2D eigenvalue weighted by Gasteiger charge is -2.40. The Morgan fingerprint density at radius 3 is 2.46 bits per heavy atom. The van der Waals surface area contributed by atoms with E-state index in [-0.39, 0.29) is 5.69 Å². The molecule has 0 amide bonds. The Morgan fingerprint density at radius 1 is 1.18 bits per heavy atom. The number of carboxylic acids is 1. The van der Waals surface area contributed by atoms with Crippen LogP contribution in [-0.4, -0.2) is 67.9 Å². The minimum atomic E-state index is -0.916. The molecule has 1 fully saturated rings. The Kier molecular flexibility index (Phi) is 5.05. The number of rotatable bonds is 4. The standard InChI is InChI=1S/C20H28N6O2/c1-4-26-17-6-5-15(12-16(17)18(23-26)19(27)28)24-7-9-25(10-8-24)20-21-13(2)11-14(3)22-20/h11,15H,4-10,12H2,1-3H3,(H,27,28)/t15-/m0/s1. The second-order valence-electron chi connectivity index (χ2n) is 7.77. The normalized spacial score (nSPS) is 20.2. The highest BCUT2D eigenvalue weighted by atomic mass is 16.4. The van der Waals surface area contributed by atoms with E-state index in [1.165, 1.54) is 0 Å². The van der Waals surface area contributed by atoms with Crippen molar-refractivity contribution in [3.8, 4) is 0 Å². The number of carboxylic acid groups (broad SMARTS) is 1. The molecule has 150 valence electrons. The van der Waals surface area contributed by atoms with Gasteiger partial charge in [0.05, 0.1) is 0 Å². The average Bonchev–Trinajstić information content (AvgIpc) is 3.05. The molecule has 0 saturated carbocycles. The van der Waals surface area contributed by atoms with Gasteiger partial charge in [-0.05, 0) is 46.1 Å². The molecule has 1 aliphatic heterocycles. The maximum Gasteiger partial charge on any atom is 0.356 e. The van der Waals surface area contributed by atoms with Crippen molar-refractivity contribution >= 4 is 11.9 Å². The summed E-state index contributed by atoms with van der Waals surface area (Å²) in [7, 11) is 0. The first-order valence-corrected chi connectivity index (χ1v) is 10.1. The molecular formula is C20H28N6O2. The number of hydrogen-bond acceptors (Lipinski definition) is 6. The van der Waals surface area contributed by atoms with Crippen LogP contribution in [0.1, 0.15) is 46.5 Å². The van der Waals surface area contributed by atoms with E-state index in [2.05, 4.69) is 24.9 Å². The Hall–Kier alpha value is -2.48. The third kappa shape index (κ3) is 3.48. The van der Waals surface area contributed by atoms with E-state index in [1.807, 2.05) is 31.5 Å². The van der Waals surface area contributed by atoms with E-state index >= 15 is 0 Å². The zero-order chi connectivity index (χ0) is 19.8. The summed E-state index contributed by atoms with van der Waals surface area (Å²) in [6.07, 6.45) is 2.73. The molecule has 2 aromatic heterocycles. The molecule has 0 radical (unpaired) electrons. The number of fused-ring (bicyclic) bond motifs is 1. The third-order valence-electron chi connectivity index (χ3n) is 5.91. The molecule has 28 heavy (non-hydrogen) atoms. The molecule has 1 N–H and O–H groups in total. The Morgan fingerprint density at radius 2 is 1.86 bits per heavy atom. The van der Waals surface area contributed by atoms with Gasteiger partial charge < -0.3 is 10.0 Å². The van der Waals surface area contributed by atoms with E-state index < -0.39 is 5.97 Å². The summed E-state index contributed by atoms with van der Waals surface area (Å²) in [5, 5.41) is 13.9. The van der Waals surface area contributed by atoms with Crippen LogP contribution in [-0.2, 0) is 19.4 Å². The molecule has 2 aliphatic rings. The minimum absolute atomic E-state index is 0.240. The van der Waals surface area contributed by atoms with Crippen molar-refractivity contribution in [1.29, 1.82) is 0 Å². The summed E-state index contributed by atoms with van der Waals surface area (Å²) in [6, 6.07) is 2.37. The number of aromatic carboxylic acids is 1. The van der Waals surface area contributed by atoms with Crippen molar-refractivity contribution in [3.63, 3.8) is 0 Å². The predicted octanol–water partition coefficient (Wildman–Crippen LogP) is 1.69. The molecule has 1 atom stereocenters. The van der Waals surface area contributed by atoms with Crippen LogP contribution in [0.25, 0.3) is 0 Å². The molecule has 3 heterocycles. The van der Waals surface area contributed by atoms with Crippen molar-refractivity contribution in [3.05, 3.63) is 34.4 Å². The van der Waals surface area contributed by atoms with Crippen LogP contribution in [0.3, 0.4) is 0 Å². The van der Waals surface area contributed by atoms with Gasteiger partial charge in [0, 0.05) is 61.4 Å². The van der Waals surface area contributed by atoms with Crippen molar-refractivity contribution in [1.82, 2.24) is 24.6 Å². The summed E-state index contributed by atoms with van der Waals surface area (Å²) >= 11 is 0. The fraction of sp³-hybridized carbons (Fsp3) is 0.600. The lowest BCUT2D eigenvalue weighted by atomic mass is 9.90. The number of anilines is 1. The van der Waals surface area contributed by atoms with Crippen LogP contribution in [0, 0.1) is 13.8 Å². The van der Waals surface area contributed by atoms with E-state index in [9.17, 15) is 9.90 Å². The van der Waals surface area contributed by atoms with Gasteiger partial charge in [0.2, 0.25) is 5.95 Å². The first-order valence-electron chi connectivity index (χ1n) is 10.1. The molecule has 0 unspecified atom stereocenters. The molecular weight excluding hydrogens is 356 g/mol. The largest absolute Gasteiger partial charge is 0.476 e. The molecule has 2 aromatic rings. The highest BCUT2D eigenvalue weighted by Gasteiger charge is 2.33. The molecule has 1 saturated heterocycles. The summed E-state index contributed by atoms with van der Waals surface area (Å²) in [5.41, 5.74) is 4.28. The van der Waals surface area contributed by atoms with Gasteiger partial charge in [-0.3, -0.25) is 9.58 Å². The summed E-state index contributed by atoms with van der Waals surface area (Å²) in [4.78, 5) is 25.6. The first kappa shape index (κ1) is 18.9. The molecule has 1 aliphatic carbocycles. The van der Waals surface area contributed by atoms with Gasteiger partial charge in [-0.25, -0.2) is 14.8 Å². The van der Waals surface area contributed by atoms with Crippen molar-refractivity contribution < 1.29 is 9.90 Å². The second kappa shape index (κ2) is 7.50. The van der Waals surface area contributed by atoms with Crippen LogP contribution >= 0.6 is 0 Å². The number of carbonyl (C=O) groups is 1. The lowest BCUT2D eigenvalue weighted by molar-refractivity contribution is 0.0687. The van der Waals surface area contributed by atoms with Gasteiger partial charge in [0.15, 0.2) is 5.69 Å². The molecule has 4 rings (SSSR count). The zero-order valence-corrected chi connectivity index (χ0v) is 16.9. The maximum absolute atomic E-state index is 11.6. The Bertz CT molecular complexity index is 865. The van der Waals surface area contributed by atoms with E-state index in [1.54, 1.807) is 0 Å². The van der Waals surface area contributed by atoms with Gasteiger partial charge in [-0.1, -0.05) is 0 Å². The highest BCUT2D eigenvalue weighted by Crippen LogP contribution is 2.28. The highest BCUT2D eigenvalue weighted by molar-refractivity contribution is 5.87. The monoisotopic (exact) mass is 384 g/mol. The van der Waals surface area contributed by atoms with Gasteiger partial charge in [0.25, 0.3) is 0 Å². The fourth-order valence-corrected chi connectivity index (χ4v) is 4.55. The third-order valence-corrected chi connectivity index (χ3v) is 5.91. The summed E-state index contributed by atoms with van der Waals surface area (Å²) in [5.74, 6) is -0.0960. The van der Waals surface area contributed by atoms with Crippen LogP contribution in [0.2, 0.25) is 0 Å². The molecule has 8 nitrogen and oxygen atoms in total. The fourth-order valence-electron chi connectivity index (χ4n) is 4.55. The smallest absolute Gasteiger partial charge is 0.356 e. The van der Waals surface area contributed by atoms with E-state index in [0.717, 1.165) is 80.6 Å². The van der Waals surface area contributed by atoms with Crippen LogP contribution < -0.4 is 4.90 Å². The van der Waals surface area contributed by atoms with Crippen molar-refractivity contribution in [2.24, 2.45) is 0 Å². The topological polar surface area (TPSA) is 87.4 Å². The molecule has 0 spiro atoms. The second-order valence-corrected chi connectivity index (χ2v) is 7.77. The number of nitrogens with zero attached hydrogens (tertiary/aromatic N) is 6. The first-order chi connectivity index (χ1) is 13.5. The summed E-state index contributed by atoms with van der Waals surface area (Å²) in [6.45, 7) is 10.4. The Balaban J connectivity index is 1.45. The van der Waals surface area contributed by atoms with Crippen molar-refractivity contribution in [2.45, 2.75) is 52.6 Å². The SMILES string of the molecule is CCn1nc(C(=O)O)c2c1CC[C@H](N1CCN(c3nc(C)cc(C)n3)CC1)C2. The number of piperazine rings is 1. The molecule has 0 aromatic carbocycles. The van der Waals surface area contributed by atoms with Crippen LogP contribution in [0.4, 0.5) is 5.95 Å². The van der Waals surface area contributed by atoms with Crippen LogP contribution in [0.15, 0.2) is 6.07 Å². The van der Waals surface area contributed by atoms with Crippen molar-refractivity contribution in [2.75, 3.05) is 31.1 Å². The average molecular weight is 384 g/mol. The van der Waals surface area contributed by atoms with Crippen LogP contribution in [0.5, 0.6) is 0 Å². The molecule has 0 bridgehead atoms. The zero-order valence-electron chi connectivity index (χ0n) is 16.9. The van der Waals surface area contributed by atoms with Gasteiger partial charge in [-0.2, -0.15) is 5.10 Å². The van der Waals surface area contributed by atoms with Gasteiger partial charge in [0.1, 0.15) is 0 Å². The van der Waals surface area contributed by atoms with Gasteiger partial charge in [-0.15, -0.1) is 0 Å². The predicted molar refractivity (Wildman–Crippen MR) is 106 cm³/mol. The summed E-state index contributed by atoms with van der Waals surface area (Å²) < 4.78 is 1.87. The number of hydrogen-bond donors (Lipinski definition) is 1. The van der Waals surface area contributed by atoms with Gasteiger partial charge >= 0.3 is 5.97 Å². The maximum atomic E-state index is 11.6. The number of aryl methyl sites for hydroxylation is 3. The Labute approximate surface area is 165 Å². The lowest BCUT2D eigenvalue weighted by Crippen LogP contribution is -2.52. The molecule has 8 heteroatoms. The minimum Gasteiger partial charge on any atom is -0.476 e. The van der Waals surface area contributed by atoms with E-state index in [4.69, 9.17) is 0 Å². The van der Waals surface area contributed by atoms with E-state index in [0.29, 0.717) is 6.04 Å². The quantitative estimate of drug-likeness (QED) is 0.858.